The molecule has 118 valence electrons. The Balaban J connectivity index is 2.17. The lowest BCUT2D eigenvalue weighted by atomic mass is 9.99. The van der Waals surface area contributed by atoms with Crippen molar-refractivity contribution >= 4 is 5.82 Å². The van der Waals surface area contributed by atoms with Crippen LogP contribution in [0.15, 0.2) is 12.4 Å². The van der Waals surface area contributed by atoms with Crippen LogP contribution in [0.5, 0.6) is 5.88 Å². The van der Waals surface area contributed by atoms with Crippen LogP contribution in [-0.2, 0) is 0 Å². The van der Waals surface area contributed by atoms with Crippen molar-refractivity contribution in [3.8, 4) is 5.88 Å². The summed E-state index contributed by atoms with van der Waals surface area (Å²) in [7, 11) is 0. The third-order valence-corrected chi connectivity index (χ3v) is 3.74. The highest BCUT2D eigenvalue weighted by molar-refractivity contribution is 5.49. The molecule has 0 atom stereocenters. The molecule has 0 saturated carbocycles. The number of rotatable bonds is 5. The van der Waals surface area contributed by atoms with Crippen molar-refractivity contribution in [2.75, 3.05) is 37.7 Å². The van der Waals surface area contributed by atoms with Gasteiger partial charge in [-0.2, -0.15) is 0 Å². The van der Waals surface area contributed by atoms with E-state index in [1.807, 2.05) is 13.8 Å². The van der Waals surface area contributed by atoms with E-state index in [1.165, 1.54) is 0 Å². The number of piperazine rings is 1. The van der Waals surface area contributed by atoms with E-state index in [0.29, 0.717) is 12.4 Å². The number of nitrogens with zero attached hydrogens (tertiary/aromatic N) is 4. The molecule has 1 aromatic rings. The summed E-state index contributed by atoms with van der Waals surface area (Å²) >= 11 is 0. The average molecular weight is 294 g/mol. The van der Waals surface area contributed by atoms with Gasteiger partial charge in [0.25, 0.3) is 5.88 Å². The monoisotopic (exact) mass is 294 g/mol. The number of aliphatic hydroxyl groups excluding tert-OH is 1. The van der Waals surface area contributed by atoms with Crippen LogP contribution in [0.25, 0.3) is 0 Å². The number of β-amino-alcohol motifs (C(OH)–C–C–N with tert-alkyl or cyclic N) is 1. The molecule has 1 aliphatic heterocycles. The topological polar surface area (TPSA) is 61.7 Å². The van der Waals surface area contributed by atoms with E-state index in [-0.39, 0.29) is 18.2 Å². The first kappa shape index (κ1) is 16.0. The summed E-state index contributed by atoms with van der Waals surface area (Å²) in [6, 6.07) is 0. The molecule has 0 spiro atoms. The highest BCUT2D eigenvalue weighted by Crippen LogP contribution is 2.29. The van der Waals surface area contributed by atoms with E-state index in [9.17, 15) is 5.11 Å². The van der Waals surface area contributed by atoms with Gasteiger partial charge in [0, 0.05) is 44.1 Å². The van der Waals surface area contributed by atoms with Gasteiger partial charge in [-0.05, 0) is 27.7 Å². The summed E-state index contributed by atoms with van der Waals surface area (Å²) in [5.41, 5.74) is -0.0202. The highest BCUT2D eigenvalue weighted by atomic mass is 16.5. The molecule has 0 amide bonds. The fourth-order valence-electron chi connectivity index (χ4n) is 2.75. The lowest BCUT2D eigenvalue weighted by Crippen LogP contribution is -2.60. The molecule has 0 aromatic carbocycles. The predicted molar refractivity (Wildman–Crippen MR) is 82.7 cm³/mol. The summed E-state index contributed by atoms with van der Waals surface area (Å²) in [6.45, 7) is 11.8. The maximum atomic E-state index is 9.18. The third kappa shape index (κ3) is 3.83. The smallest absolute Gasteiger partial charge is 0.257 e. The zero-order valence-electron chi connectivity index (χ0n) is 13.4. The van der Waals surface area contributed by atoms with Crippen molar-refractivity contribution < 1.29 is 9.84 Å². The van der Waals surface area contributed by atoms with Gasteiger partial charge in [0.05, 0.1) is 12.7 Å². The van der Waals surface area contributed by atoms with Crippen LogP contribution in [0.1, 0.15) is 27.7 Å². The Morgan fingerprint density at radius 2 is 2.00 bits per heavy atom. The summed E-state index contributed by atoms with van der Waals surface area (Å²) in [5.74, 6) is 1.40. The second-order valence-corrected chi connectivity index (χ2v) is 6.30. The fraction of sp³-hybridized carbons (Fsp3) is 0.733. The Morgan fingerprint density at radius 3 is 2.62 bits per heavy atom. The molecule has 1 fully saturated rings. The molecular weight excluding hydrogens is 268 g/mol. The van der Waals surface area contributed by atoms with Gasteiger partial charge in [0.1, 0.15) is 0 Å². The summed E-state index contributed by atoms with van der Waals surface area (Å²) < 4.78 is 5.77. The number of hydrogen-bond donors (Lipinski definition) is 1. The van der Waals surface area contributed by atoms with Crippen molar-refractivity contribution in [3.63, 3.8) is 0 Å². The predicted octanol–water partition coefficient (Wildman–Crippen LogP) is 1.16. The molecule has 2 rings (SSSR count). The Kier molecular flexibility index (Phi) is 5.00. The second-order valence-electron chi connectivity index (χ2n) is 6.30. The number of ether oxygens (including phenoxy) is 1. The van der Waals surface area contributed by atoms with Crippen molar-refractivity contribution in [1.82, 2.24) is 14.9 Å². The van der Waals surface area contributed by atoms with Crippen LogP contribution < -0.4 is 9.64 Å². The summed E-state index contributed by atoms with van der Waals surface area (Å²) in [5, 5.41) is 9.18. The van der Waals surface area contributed by atoms with Crippen LogP contribution in [-0.4, -0.2) is 64.4 Å². The molecule has 1 aliphatic rings. The van der Waals surface area contributed by atoms with Crippen LogP contribution in [0.3, 0.4) is 0 Å². The molecular formula is C15H26N4O2. The standard InChI is InChI=1S/C15H26N4O2/c1-12(2)21-14-13(16-5-6-17-14)18-7-8-19(9-10-20)15(3,4)11-18/h5-6,12,20H,7-11H2,1-4H3. The number of hydrogen-bond acceptors (Lipinski definition) is 6. The summed E-state index contributed by atoms with van der Waals surface area (Å²) in [4.78, 5) is 13.3. The third-order valence-electron chi connectivity index (χ3n) is 3.74. The van der Waals surface area contributed by atoms with Crippen LogP contribution in [0.2, 0.25) is 0 Å². The molecule has 0 aliphatic carbocycles. The molecule has 1 saturated heterocycles. The van der Waals surface area contributed by atoms with Gasteiger partial charge in [0.15, 0.2) is 5.82 Å². The van der Waals surface area contributed by atoms with Crippen LogP contribution in [0.4, 0.5) is 5.82 Å². The molecule has 0 unspecified atom stereocenters. The van der Waals surface area contributed by atoms with E-state index in [0.717, 1.165) is 25.5 Å². The normalized spacial score (nSPS) is 19.0. The molecule has 0 radical (unpaired) electrons. The molecule has 0 bridgehead atoms. The first-order chi connectivity index (χ1) is 9.94. The Labute approximate surface area is 126 Å². The molecule has 2 heterocycles. The maximum Gasteiger partial charge on any atom is 0.257 e. The van der Waals surface area contributed by atoms with Gasteiger partial charge < -0.3 is 14.7 Å². The van der Waals surface area contributed by atoms with Gasteiger partial charge in [-0.3, -0.25) is 4.90 Å². The molecule has 1 aromatic heterocycles. The van der Waals surface area contributed by atoms with Gasteiger partial charge in [-0.1, -0.05) is 0 Å². The van der Waals surface area contributed by atoms with Crippen molar-refractivity contribution in [1.29, 1.82) is 0 Å². The van der Waals surface area contributed by atoms with Gasteiger partial charge in [0.2, 0.25) is 0 Å². The molecule has 6 heteroatoms. The van der Waals surface area contributed by atoms with Gasteiger partial charge in [-0.25, -0.2) is 9.97 Å². The first-order valence-corrected chi connectivity index (χ1v) is 7.52. The fourth-order valence-corrected chi connectivity index (χ4v) is 2.75. The Bertz CT molecular complexity index is 465. The SMILES string of the molecule is CC(C)Oc1nccnc1N1CCN(CCO)C(C)(C)C1. The van der Waals surface area contributed by atoms with Gasteiger partial charge >= 0.3 is 0 Å². The van der Waals surface area contributed by atoms with Crippen molar-refractivity contribution in [2.24, 2.45) is 0 Å². The number of anilines is 1. The van der Waals surface area contributed by atoms with E-state index in [1.54, 1.807) is 12.4 Å². The summed E-state index contributed by atoms with van der Waals surface area (Å²) in [6.07, 6.45) is 3.44. The zero-order chi connectivity index (χ0) is 15.5. The van der Waals surface area contributed by atoms with Crippen molar-refractivity contribution in [2.45, 2.75) is 39.3 Å². The zero-order valence-corrected chi connectivity index (χ0v) is 13.4. The minimum atomic E-state index is -0.0202. The van der Waals surface area contributed by atoms with Crippen LogP contribution >= 0.6 is 0 Å². The maximum absolute atomic E-state index is 9.18. The van der Waals surface area contributed by atoms with Gasteiger partial charge in [-0.15, -0.1) is 0 Å². The van der Waals surface area contributed by atoms with E-state index < -0.39 is 0 Å². The number of aromatic nitrogens is 2. The molecule has 1 N–H and O–H groups in total. The Morgan fingerprint density at radius 1 is 1.29 bits per heavy atom. The minimum Gasteiger partial charge on any atom is -0.472 e. The largest absolute Gasteiger partial charge is 0.472 e. The lowest BCUT2D eigenvalue weighted by Gasteiger charge is -2.47. The first-order valence-electron chi connectivity index (χ1n) is 7.52. The number of aliphatic hydroxyl groups is 1. The second kappa shape index (κ2) is 6.58. The minimum absolute atomic E-state index is 0.0202. The van der Waals surface area contributed by atoms with Crippen molar-refractivity contribution in [3.05, 3.63) is 12.4 Å². The van der Waals surface area contributed by atoms with E-state index in [2.05, 4.69) is 33.6 Å². The lowest BCUT2D eigenvalue weighted by molar-refractivity contribution is 0.0806. The average Bonchev–Trinajstić information content (AvgIpc) is 2.41. The molecule has 6 nitrogen and oxygen atoms in total. The quantitative estimate of drug-likeness (QED) is 0.879. The Hall–Kier alpha value is -1.40. The molecule has 21 heavy (non-hydrogen) atoms. The van der Waals surface area contributed by atoms with Crippen LogP contribution in [0, 0.1) is 0 Å². The van der Waals surface area contributed by atoms with E-state index in [4.69, 9.17) is 4.74 Å². The van der Waals surface area contributed by atoms with E-state index >= 15 is 0 Å². The highest BCUT2D eigenvalue weighted by Gasteiger charge is 2.34.